The number of anilines is 2. The summed E-state index contributed by atoms with van der Waals surface area (Å²) >= 11 is 0. The molecule has 0 atom stereocenters. The number of hydrogen-bond acceptors (Lipinski definition) is 4. The Morgan fingerprint density at radius 2 is 1.72 bits per heavy atom. The molecule has 2 aliphatic rings. The summed E-state index contributed by atoms with van der Waals surface area (Å²) in [4.78, 5) is 14.6. The van der Waals surface area contributed by atoms with Crippen LogP contribution >= 0.6 is 0 Å². The highest BCUT2D eigenvalue weighted by molar-refractivity contribution is 6.29. The average Bonchev–Trinajstić information content (AvgIpc) is 3.11. The highest BCUT2D eigenvalue weighted by atomic mass is 16.5. The van der Waals surface area contributed by atoms with Gasteiger partial charge in [-0.15, -0.1) is 0 Å². The average molecular weight is 331 g/mol. The van der Waals surface area contributed by atoms with E-state index in [9.17, 15) is 4.79 Å². The number of carbonyl (C=O) groups is 1. The number of rotatable bonds is 2. The Kier molecular flexibility index (Phi) is 3.61. The number of amides is 1. The molecule has 25 heavy (non-hydrogen) atoms. The summed E-state index contributed by atoms with van der Waals surface area (Å²) in [5.74, 6) is 1.34. The maximum absolute atomic E-state index is 12.7. The molecule has 5 heteroatoms. The number of benzene rings is 2. The number of allylic oxidation sites excluding steroid dienone is 2. The molecule has 2 aromatic carbocycles. The van der Waals surface area contributed by atoms with Crippen LogP contribution in [0.2, 0.25) is 0 Å². The third-order valence-corrected chi connectivity index (χ3v) is 4.23. The van der Waals surface area contributed by atoms with Crippen molar-refractivity contribution in [3.63, 3.8) is 0 Å². The van der Waals surface area contributed by atoms with Gasteiger partial charge in [0.15, 0.2) is 11.6 Å². The van der Waals surface area contributed by atoms with E-state index in [2.05, 4.69) is 5.10 Å². The fraction of sp³-hybridized carbons (Fsp3) is 0.100. The molecule has 0 spiro atoms. The van der Waals surface area contributed by atoms with Crippen molar-refractivity contribution in [3.8, 4) is 5.75 Å². The van der Waals surface area contributed by atoms with Crippen LogP contribution in [0.3, 0.4) is 0 Å². The number of ether oxygens (including phenoxy) is 1. The van der Waals surface area contributed by atoms with E-state index in [-0.39, 0.29) is 5.91 Å². The van der Waals surface area contributed by atoms with Crippen LogP contribution < -0.4 is 14.6 Å². The lowest BCUT2D eigenvalue weighted by Gasteiger charge is -2.11. The topological polar surface area (TPSA) is 45.1 Å². The summed E-state index contributed by atoms with van der Waals surface area (Å²) in [6, 6.07) is 17.2. The molecule has 1 amide bonds. The number of para-hydroxylation sites is 3. The summed E-state index contributed by atoms with van der Waals surface area (Å²) < 4.78 is 5.84. The smallest absolute Gasteiger partial charge is 0.280 e. The van der Waals surface area contributed by atoms with Gasteiger partial charge in [-0.2, -0.15) is 10.1 Å². The van der Waals surface area contributed by atoms with Crippen molar-refractivity contribution >= 4 is 23.0 Å². The molecule has 0 aromatic heterocycles. The van der Waals surface area contributed by atoms with E-state index in [4.69, 9.17) is 4.74 Å². The summed E-state index contributed by atoms with van der Waals surface area (Å²) in [6.07, 6.45) is 3.57. The predicted octanol–water partition coefficient (Wildman–Crippen LogP) is 3.71. The lowest BCUT2D eigenvalue weighted by Crippen LogP contribution is -2.21. The quantitative estimate of drug-likeness (QED) is 0.788. The fourth-order valence-corrected chi connectivity index (χ4v) is 2.88. The van der Waals surface area contributed by atoms with Crippen molar-refractivity contribution < 1.29 is 9.53 Å². The number of carbonyl (C=O) groups excluding carboxylic acids is 1. The first kappa shape index (κ1) is 15.2. The van der Waals surface area contributed by atoms with E-state index < -0.39 is 0 Å². The number of fused-ring (bicyclic) bond motifs is 1. The molecule has 0 saturated heterocycles. The molecule has 0 N–H and O–H groups in total. The minimum Gasteiger partial charge on any atom is -0.439 e. The fourth-order valence-electron chi connectivity index (χ4n) is 2.88. The van der Waals surface area contributed by atoms with E-state index >= 15 is 0 Å². The van der Waals surface area contributed by atoms with Gasteiger partial charge in [-0.1, -0.05) is 30.3 Å². The number of nitrogens with zero attached hydrogens (tertiary/aromatic N) is 3. The summed E-state index contributed by atoms with van der Waals surface area (Å²) in [5.41, 5.74) is 3.00. The Hall–Kier alpha value is -3.34. The Morgan fingerprint density at radius 3 is 2.48 bits per heavy atom. The van der Waals surface area contributed by atoms with Gasteiger partial charge in [-0.25, -0.2) is 0 Å². The molecular formula is C20H17N3O2. The van der Waals surface area contributed by atoms with E-state index in [1.54, 1.807) is 12.2 Å². The van der Waals surface area contributed by atoms with E-state index in [1.165, 1.54) is 5.01 Å². The van der Waals surface area contributed by atoms with E-state index in [0.29, 0.717) is 17.2 Å². The summed E-state index contributed by atoms with van der Waals surface area (Å²) in [6.45, 7) is 1.83. The molecule has 2 heterocycles. The molecule has 0 radical (unpaired) electrons. The summed E-state index contributed by atoms with van der Waals surface area (Å²) in [7, 11) is 1.93. The molecule has 0 fully saturated rings. The van der Waals surface area contributed by atoms with Gasteiger partial charge < -0.3 is 9.64 Å². The van der Waals surface area contributed by atoms with Gasteiger partial charge in [-0.3, -0.25) is 4.79 Å². The van der Waals surface area contributed by atoms with Gasteiger partial charge in [0.25, 0.3) is 5.91 Å². The molecule has 124 valence electrons. The van der Waals surface area contributed by atoms with Crippen molar-refractivity contribution in [1.29, 1.82) is 0 Å². The third kappa shape index (κ3) is 2.59. The third-order valence-electron chi connectivity index (χ3n) is 4.23. The van der Waals surface area contributed by atoms with Gasteiger partial charge in [0.05, 0.1) is 22.7 Å². The van der Waals surface area contributed by atoms with Gasteiger partial charge in [0.2, 0.25) is 0 Å². The summed E-state index contributed by atoms with van der Waals surface area (Å²) in [5, 5.41) is 5.80. The molecular weight excluding hydrogens is 314 g/mol. The van der Waals surface area contributed by atoms with Gasteiger partial charge in [0, 0.05) is 7.05 Å². The van der Waals surface area contributed by atoms with Crippen molar-refractivity contribution in [3.05, 3.63) is 78.2 Å². The molecule has 2 aliphatic heterocycles. The zero-order valence-electron chi connectivity index (χ0n) is 14.0. The van der Waals surface area contributed by atoms with Crippen molar-refractivity contribution in [2.75, 3.05) is 17.0 Å². The molecule has 2 aromatic rings. The van der Waals surface area contributed by atoms with Crippen LogP contribution in [0.25, 0.3) is 0 Å². The Balaban J connectivity index is 1.61. The zero-order chi connectivity index (χ0) is 17.4. The van der Waals surface area contributed by atoms with Crippen molar-refractivity contribution in [1.82, 2.24) is 0 Å². The Labute approximate surface area is 146 Å². The van der Waals surface area contributed by atoms with Crippen LogP contribution in [0.1, 0.15) is 6.92 Å². The normalized spacial score (nSPS) is 19.4. The van der Waals surface area contributed by atoms with Gasteiger partial charge >= 0.3 is 0 Å². The highest BCUT2D eigenvalue weighted by Gasteiger charge is 2.28. The van der Waals surface area contributed by atoms with Gasteiger partial charge in [0.1, 0.15) is 0 Å². The minimum atomic E-state index is -0.140. The first-order chi connectivity index (χ1) is 12.1. The minimum absolute atomic E-state index is 0.140. The van der Waals surface area contributed by atoms with Crippen LogP contribution in [0.15, 0.2) is 83.3 Å². The molecule has 0 saturated carbocycles. The van der Waals surface area contributed by atoms with Crippen LogP contribution in [0.5, 0.6) is 5.75 Å². The van der Waals surface area contributed by atoms with E-state index in [1.807, 2.05) is 73.5 Å². The van der Waals surface area contributed by atoms with Crippen LogP contribution in [0.4, 0.5) is 11.4 Å². The van der Waals surface area contributed by atoms with Crippen molar-refractivity contribution in [2.45, 2.75) is 6.92 Å². The maximum atomic E-state index is 12.7. The molecule has 0 aliphatic carbocycles. The number of hydrazone groups is 1. The van der Waals surface area contributed by atoms with Crippen LogP contribution in [-0.4, -0.2) is 18.7 Å². The van der Waals surface area contributed by atoms with Crippen molar-refractivity contribution in [2.24, 2.45) is 5.10 Å². The van der Waals surface area contributed by atoms with Gasteiger partial charge in [-0.05, 0) is 43.3 Å². The second-order valence-corrected chi connectivity index (χ2v) is 5.85. The predicted molar refractivity (Wildman–Crippen MR) is 98.7 cm³/mol. The first-order valence-electron chi connectivity index (χ1n) is 8.03. The largest absolute Gasteiger partial charge is 0.439 e. The SMILES string of the molecule is CC1=NN(c2ccccc2)C(=O)/C1=C\C=C1Oc2ccccc2N1C. The second kappa shape index (κ2) is 5.94. The van der Waals surface area contributed by atoms with E-state index in [0.717, 1.165) is 17.1 Å². The molecule has 0 unspecified atom stereocenters. The molecule has 0 bridgehead atoms. The van der Waals surface area contributed by atoms with Crippen LogP contribution in [0, 0.1) is 0 Å². The molecule has 4 rings (SSSR count). The number of hydrogen-bond donors (Lipinski definition) is 0. The highest BCUT2D eigenvalue weighted by Crippen LogP contribution is 2.37. The second-order valence-electron chi connectivity index (χ2n) is 5.85. The zero-order valence-corrected chi connectivity index (χ0v) is 14.0. The monoisotopic (exact) mass is 331 g/mol. The lowest BCUT2D eigenvalue weighted by molar-refractivity contribution is -0.114. The Morgan fingerprint density at radius 1 is 1.00 bits per heavy atom. The lowest BCUT2D eigenvalue weighted by atomic mass is 10.1. The Bertz CT molecular complexity index is 929. The first-order valence-corrected chi connectivity index (χ1v) is 8.03. The maximum Gasteiger partial charge on any atom is 0.280 e. The van der Waals surface area contributed by atoms with Crippen LogP contribution in [-0.2, 0) is 4.79 Å². The standard InChI is InChI=1S/C20H17N3O2/c1-14-16(20(24)23(21-14)15-8-4-3-5-9-15)12-13-19-22(2)17-10-6-7-11-18(17)25-19/h3-13H,1-2H3/b16-12-,19-13?. The molecule has 5 nitrogen and oxygen atoms in total.